The summed E-state index contributed by atoms with van der Waals surface area (Å²) in [4.78, 5) is 42.1. The lowest BCUT2D eigenvalue weighted by molar-refractivity contribution is -0.141. The molecule has 1 atom stereocenters. The average Bonchev–Trinajstić information content (AvgIpc) is 3.26. The summed E-state index contributed by atoms with van der Waals surface area (Å²) in [5.41, 5.74) is 1.72. The van der Waals surface area contributed by atoms with Gasteiger partial charge in [-0.3, -0.25) is 19.3 Å². The number of hydrogen-bond acceptors (Lipinski definition) is 5. The van der Waals surface area contributed by atoms with Crippen molar-refractivity contribution in [2.75, 3.05) is 44.7 Å². The molecule has 0 unspecified atom stereocenters. The van der Waals surface area contributed by atoms with Crippen LogP contribution in [0.5, 0.6) is 0 Å². The summed E-state index contributed by atoms with van der Waals surface area (Å²) in [6.07, 6.45) is 1.45. The molecule has 3 heterocycles. The fraction of sp³-hybridized carbons (Fsp3) is 0.500. The second kappa shape index (κ2) is 6.15. The minimum absolute atomic E-state index is 0.0708. The highest BCUT2D eigenvalue weighted by molar-refractivity contribution is 6.23. The number of ether oxygens (including phenoxy) is 1. The van der Waals surface area contributed by atoms with Gasteiger partial charge in [0.25, 0.3) is 17.7 Å². The lowest BCUT2D eigenvalue weighted by atomic mass is 10.1. The van der Waals surface area contributed by atoms with E-state index in [2.05, 4.69) is 4.90 Å². The van der Waals surface area contributed by atoms with Crippen molar-refractivity contribution < 1.29 is 19.1 Å². The molecular weight excluding hydrogens is 322 g/mol. The average molecular weight is 343 g/mol. The van der Waals surface area contributed by atoms with E-state index in [0.717, 1.165) is 23.4 Å². The molecular formula is C18H21N3O4. The van der Waals surface area contributed by atoms with Gasteiger partial charge in [-0.05, 0) is 25.0 Å². The lowest BCUT2D eigenvalue weighted by Gasteiger charge is -2.37. The number of fused-ring (bicyclic) bond motifs is 1. The van der Waals surface area contributed by atoms with E-state index in [0.29, 0.717) is 43.9 Å². The van der Waals surface area contributed by atoms with Crippen molar-refractivity contribution in [2.24, 2.45) is 0 Å². The Kier molecular flexibility index (Phi) is 3.95. The monoisotopic (exact) mass is 343 g/mol. The Labute approximate surface area is 146 Å². The van der Waals surface area contributed by atoms with Crippen LogP contribution in [0.2, 0.25) is 0 Å². The number of amides is 3. The lowest BCUT2D eigenvalue weighted by Crippen LogP contribution is -2.51. The van der Waals surface area contributed by atoms with Crippen LogP contribution in [0.4, 0.5) is 5.69 Å². The number of benzene rings is 1. The number of imide groups is 1. The number of anilines is 1. The van der Waals surface area contributed by atoms with Crippen LogP contribution in [-0.4, -0.2) is 73.5 Å². The summed E-state index contributed by atoms with van der Waals surface area (Å²) in [5.74, 6) is -0.441. The van der Waals surface area contributed by atoms with Crippen molar-refractivity contribution in [1.82, 2.24) is 9.80 Å². The fourth-order valence-corrected chi connectivity index (χ4v) is 3.79. The molecule has 0 spiro atoms. The Morgan fingerprint density at radius 1 is 1.12 bits per heavy atom. The van der Waals surface area contributed by atoms with Crippen molar-refractivity contribution in [2.45, 2.75) is 18.9 Å². The molecule has 7 heteroatoms. The largest absolute Gasteiger partial charge is 0.368 e. The van der Waals surface area contributed by atoms with E-state index < -0.39 is 0 Å². The van der Waals surface area contributed by atoms with Crippen molar-refractivity contribution >= 4 is 23.4 Å². The SMILES string of the molecule is CN1C(=O)c2cccc(N3CCN(C(=O)[C@H]4CCCO4)CC3)c2C1=O. The van der Waals surface area contributed by atoms with E-state index in [1.165, 1.54) is 7.05 Å². The highest BCUT2D eigenvalue weighted by atomic mass is 16.5. The third-order valence-corrected chi connectivity index (χ3v) is 5.23. The summed E-state index contributed by atoms with van der Waals surface area (Å²) >= 11 is 0. The second-order valence-corrected chi connectivity index (χ2v) is 6.68. The molecule has 1 aromatic carbocycles. The summed E-state index contributed by atoms with van der Waals surface area (Å²) in [6, 6.07) is 5.38. The van der Waals surface area contributed by atoms with Gasteiger partial charge in [-0.1, -0.05) is 6.07 Å². The highest BCUT2D eigenvalue weighted by Crippen LogP contribution is 2.31. The van der Waals surface area contributed by atoms with Gasteiger partial charge < -0.3 is 14.5 Å². The van der Waals surface area contributed by atoms with Crippen LogP contribution in [-0.2, 0) is 9.53 Å². The quantitative estimate of drug-likeness (QED) is 0.741. The number of carbonyl (C=O) groups is 3. The first kappa shape index (κ1) is 16.1. The number of hydrogen-bond donors (Lipinski definition) is 0. The maximum absolute atomic E-state index is 12.4. The molecule has 3 aliphatic heterocycles. The van der Waals surface area contributed by atoms with Gasteiger partial charge in [0.2, 0.25) is 0 Å². The van der Waals surface area contributed by atoms with Gasteiger partial charge in [0.05, 0.1) is 16.8 Å². The molecule has 2 fully saturated rings. The Morgan fingerprint density at radius 2 is 1.88 bits per heavy atom. The molecule has 0 aliphatic carbocycles. The predicted octanol–water partition coefficient (Wildman–Crippen LogP) is 0.740. The topological polar surface area (TPSA) is 70.2 Å². The third-order valence-electron chi connectivity index (χ3n) is 5.23. The molecule has 3 aliphatic rings. The molecule has 0 radical (unpaired) electrons. The normalized spacial score (nSPS) is 23.4. The minimum Gasteiger partial charge on any atom is -0.368 e. The molecule has 132 valence electrons. The molecule has 1 aromatic rings. The van der Waals surface area contributed by atoms with Crippen LogP contribution in [0.3, 0.4) is 0 Å². The summed E-state index contributed by atoms with van der Waals surface area (Å²) in [6.45, 7) is 3.14. The first-order chi connectivity index (χ1) is 12.1. The molecule has 7 nitrogen and oxygen atoms in total. The van der Waals surface area contributed by atoms with Gasteiger partial charge in [0, 0.05) is 39.8 Å². The van der Waals surface area contributed by atoms with E-state index in [-0.39, 0.29) is 23.8 Å². The molecule has 3 amide bonds. The first-order valence-electron chi connectivity index (χ1n) is 8.68. The van der Waals surface area contributed by atoms with Crippen LogP contribution in [0, 0.1) is 0 Å². The summed E-state index contributed by atoms with van der Waals surface area (Å²) < 4.78 is 5.49. The number of rotatable bonds is 2. The van der Waals surface area contributed by atoms with Crippen molar-refractivity contribution in [1.29, 1.82) is 0 Å². The van der Waals surface area contributed by atoms with E-state index in [1.54, 1.807) is 6.07 Å². The molecule has 0 bridgehead atoms. The van der Waals surface area contributed by atoms with Crippen molar-refractivity contribution in [3.63, 3.8) is 0 Å². The molecule has 0 N–H and O–H groups in total. The van der Waals surface area contributed by atoms with E-state index in [1.807, 2.05) is 17.0 Å². The maximum atomic E-state index is 12.4. The van der Waals surface area contributed by atoms with Crippen LogP contribution in [0.25, 0.3) is 0 Å². The molecule has 4 rings (SSSR count). The van der Waals surface area contributed by atoms with Crippen LogP contribution >= 0.6 is 0 Å². The zero-order valence-corrected chi connectivity index (χ0v) is 14.2. The minimum atomic E-state index is -0.291. The van der Waals surface area contributed by atoms with E-state index in [4.69, 9.17) is 4.74 Å². The highest BCUT2D eigenvalue weighted by Gasteiger charge is 2.37. The molecule has 0 saturated carbocycles. The number of piperazine rings is 1. The smallest absolute Gasteiger partial charge is 0.263 e. The van der Waals surface area contributed by atoms with Crippen LogP contribution in [0.15, 0.2) is 18.2 Å². The van der Waals surface area contributed by atoms with Crippen molar-refractivity contribution in [3.8, 4) is 0 Å². The van der Waals surface area contributed by atoms with E-state index in [9.17, 15) is 14.4 Å². The van der Waals surface area contributed by atoms with Gasteiger partial charge in [-0.25, -0.2) is 0 Å². The zero-order chi connectivity index (χ0) is 17.6. The van der Waals surface area contributed by atoms with Crippen LogP contribution < -0.4 is 4.90 Å². The molecule has 2 saturated heterocycles. The van der Waals surface area contributed by atoms with Gasteiger partial charge in [0.15, 0.2) is 0 Å². The Bertz CT molecular complexity index is 734. The first-order valence-corrected chi connectivity index (χ1v) is 8.68. The van der Waals surface area contributed by atoms with E-state index >= 15 is 0 Å². The van der Waals surface area contributed by atoms with Gasteiger partial charge in [0.1, 0.15) is 6.10 Å². The Balaban J connectivity index is 1.50. The second-order valence-electron chi connectivity index (χ2n) is 6.68. The van der Waals surface area contributed by atoms with Gasteiger partial charge in [-0.15, -0.1) is 0 Å². The molecule has 25 heavy (non-hydrogen) atoms. The number of carbonyl (C=O) groups excluding carboxylic acids is 3. The van der Waals surface area contributed by atoms with Gasteiger partial charge >= 0.3 is 0 Å². The van der Waals surface area contributed by atoms with Crippen molar-refractivity contribution in [3.05, 3.63) is 29.3 Å². The van der Waals surface area contributed by atoms with Gasteiger partial charge in [-0.2, -0.15) is 0 Å². The zero-order valence-electron chi connectivity index (χ0n) is 14.2. The van der Waals surface area contributed by atoms with Crippen LogP contribution in [0.1, 0.15) is 33.6 Å². The predicted molar refractivity (Wildman–Crippen MR) is 90.6 cm³/mol. The third kappa shape index (κ3) is 2.59. The standard InChI is InChI=1S/C18H21N3O4/c1-19-16(22)12-4-2-5-13(15(12)18(19)24)20-7-9-21(10-8-20)17(23)14-6-3-11-25-14/h2,4-5,14H,3,6-11H2,1H3/t14-/m1/s1. The number of nitrogens with zero attached hydrogens (tertiary/aromatic N) is 3. The Morgan fingerprint density at radius 3 is 2.56 bits per heavy atom. The Hall–Kier alpha value is -2.41. The summed E-state index contributed by atoms with van der Waals surface area (Å²) in [5, 5.41) is 0. The maximum Gasteiger partial charge on any atom is 0.263 e. The fourth-order valence-electron chi connectivity index (χ4n) is 3.79. The molecule has 0 aromatic heterocycles. The summed E-state index contributed by atoms with van der Waals surface area (Å²) in [7, 11) is 1.51.